The summed E-state index contributed by atoms with van der Waals surface area (Å²) in [6.45, 7) is 2.09. The molecule has 0 saturated carbocycles. The Kier molecular flexibility index (Phi) is 5.45. The number of hydrogen-bond acceptors (Lipinski definition) is 4. The first kappa shape index (κ1) is 19.8. The Morgan fingerprint density at radius 2 is 1.55 bits per heavy atom. The zero-order valence-electron chi connectivity index (χ0n) is 17.3. The quantitative estimate of drug-likeness (QED) is 0.543. The molecule has 3 heterocycles. The summed E-state index contributed by atoms with van der Waals surface area (Å²) in [5.41, 5.74) is 3.36. The Bertz CT molecular complexity index is 1070. The van der Waals surface area contributed by atoms with Gasteiger partial charge >= 0.3 is 0 Å². The fourth-order valence-electron chi connectivity index (χ4n) is 4.44. The smallest absolute Gasteiger partial charge is 0.151 e. The molecular formula is C25H24F2N4. The standard InChI is InChI=1S/C25H24F2N4/c26-19-5-4-6-20(27)25(19)23-12-11-21(28-23)17-7-9-18(10-8-17)22-13-14-24(30-29-22)31-15-2-1-3-16-31/h4-10,13-14,21H,1-3,11-12,15-16H2. The molecule has 1 saturated heterocycles. The highest BCUT2D eigenvalue weighted by atomic mass is 19.1. The number of rotatable bonds is 4. The van der Waals surface area contributed by atoms with Gasteiger partial charge in [-0.15, -0.1) is 10.2 Å². The van der Waals surface area contributed by atoms with Gasteiger partial charge in [0.1, 0.15) is 11.6 Å². The number of anilines is 1. The zero-order chi connectivity index (χ0) is 21.2. The maximum absolute atomic E-state index is 14.1. The van der Waals surface area contributed by atoms with E-state index in [2.05, 4.69) is 20.1 Å². The summed E-state index contributed by atoms with van der Waals surface area (Å²) in [6, 6.07) is 16.0. The van der Waals surface area contributed by atoms with Crippen molar-refractivity contribution in [3.63, 3.8) is 0 Å². The second-order valence-corrected chi connectivity index (χ2v) is 8.17. The van der Waals surface area contributed by atoms with Crippen LogP contribution >= 0.6 is 0 Å². The highest BCUT2D eigenvalue weighted by molar-refractivity contribution is 6.02. The van der Waals surface area contributed by atoms with Crippen molar-refractivity contribution in [2.24, 2.45) is 4.99 Å². The lowest BCUT2D eigenvalue weighted by atomic mass is 10.0. The third-order valence-corrected chi connectivity index (χ3v) is 6.14. The maximum Gasteiger partial charge on any atom is 0.151 e. The lowest BCUT2D eigenvalue weighted by molar-refractivity contribution is 0.571. The molecule has 1 atom stereocenters. The normalized spacial score (nSPS) is 18.8. The summed E-state index contributed by atoms with van der Waals surface area (Å²) in [4.78, 5) is 6.91. The van der Waals surface area contributed by atoms with Gasteiger partial charge in [0.25, 0.3) is 0 Å². The molecular weight excluding hydrogens is 394 g/mol. The van der Waals surface area contributed by atoms with E-state index < -0.39 is 11.6 Å². The van der Waals surface area contributed by atoms with Crippen molar-refractivity contribution >= 4 is 11.5 Å². The van der Waals surface area contributed by atoms with Gasteiger partial charge in [-0.1, -0.05) is 30.3 Å². The topological polar surface area (TPSA) is 41.4 Å². The number of piperidine rings is 1. The van der Waals surface area contributed by atoms with E-state index in [1.54, 1.807) is 0 Å². The number of halogens is 2. The van der Waals surface area contributed by atoms with Gasteiger partial charge in [-0.25, -0.2) is 8.78 Å². The van der Waals surface area contributed by atoms with Crippen molar-refractivity contribution < 1.29 is 8.78 Å². The lowest BCUT2D eigenvalue weighted by Gasteiger charge is -2.27. The predicted molar refractivity (Wildman–Crippen MR) is 118 cm³/mol. The summed E-state index contributed by atoms with van der Waals surface area (Å²) < 4.78 is 28.2. The monoisotopic (exact) mass is 418 g/mol. The van der Waals surface area contributed by atoms with Gasteiger partial charge in [0.05, 0.1) is 17.3 Å². The SMILES string of the molecule is Fc1cccc(F)c1C1=NC(c2ccc(-c3ccc(N4CCCCC4)nn3)cc2)CC1. The first-order valence-electron chi connectivity index (χ1n) is 10.9. The van der Waals surface area contributed by atoms with Crippen LogP contribution in [-0.4, -0.2) is 29.0 Å². The van der Waals surface area contributed by atoms with Crippen molar-refractivity contribution in [1.82, 2.24) is 10.2 Å². The molecule has 1 fully saturated rings. The largest absolute Gasteiger partial charge is 0.355 e. The summed E-state index contributed by atoms with van der Waals surface area (Å²) in [7, 11) is 0. The summed E-state index contributed by atoms with van der Waals surface area (Å²) in [5.74, 6) is -0.170. The molecule has 4 nitrogen and oxygen atoms in total. The van der Waals surface area contributed by atoms with Crippen LogP contribution in [0.3, 0.4) is 0 Å². The number of benzene rings is 2. The molecule has 0 spiro atoms. The number of nitrogens with zero attached hydrogens (tertiary/aromatic N) is 4. The van der Waals surface area contributed by atoms with E-state index >= 15 is 0 Å². The van der Waals surface area contributed by atoms with Crippen molar-refractivity contribution in [2.45, 2.75) is 38.1 Å². The van der Waals surface area contributed by atoms with Gasteiger partial charge in [0, 0.05) is 24.4 Å². The predicted octanol–water partition coefficient (Wildman–Crippen LogP) is 5.74. The van der Waals surface area contributed by atoms with Crippen molar-refractivity contribution in [3.8, 4) is 11.3 Å². The Morgan fingerprint density at radius 1 is 0.806 bits per heavy atom. The molecule has 2 aromatic carbocycles. The molecule has 0 radical (unpaired) electrons. The fourth-order valence-corrected chi connectivity index (χ4v) is 4.44. The number of hydrogen-bond donors (Lipinski definition) is 0. The van der Waals surface area contributed by atoms with E-state index in [-0.39, 0.29) is 11.6 Å². The van der Waals surface area contributed by atoms with Crippen LogP contribution in [0.25, 0.3) is 11.3 Å². The average molecular weight is 418 g/mol. The molecule has 2 aliphatic heterocycles. The van der Waals surface area contributed by atoms with E-state index in [9.17, 15) is 8.78 Å². The molecule has 31 heavy (non-hydrogen) atoms. The molecule has 0 bridgehead atoms. The highest BCUT2D eigenvalue weighted by Gasteiger charge is 2.24. The van der Waals surface area contributed by atoms with Gasteiger partial charge in [-0.05, 0) is 61.9 Å². The van der Waals surface area contributed by atoms with Crippen molar-refractivity contribution in [3.05, 3.63) is 77.4 Å². The van der Waals surface area contributed by atoms with Crippen LogP contribution in [-0.2, 0) is 0 Å². The van der Waals surface area contributed by atoms with Crippen LogP contribution in [0.2, 0.25) is 0 Å². The van der Waals surface area contributed by atoms with Crippen LogP contribution in [0.15, 0.2) is 59.6 Å². The van der Waals surface area contributed by atoms with Crippen molar-refractivity contribution in [2.75, 3.05) is 18.0 Å². The third kappa shape index (κ3) is 4.07. The summed E-state index contributed by atoms with van der Waals surface area (Å²) >= 11 is 0. The highest BCUT2D eigenvalue weighted by Crippen LogP contribution is 2.33. The number of aromatic nitrogens is 2. The molecule has 5 rings (SSSR count). The van der Waals surface area contributed by atoms with Gasteiger partial charge in [-0.3, -0.25) is 4.99 Å². The minimum atomic E-state index is -0.554. The molecule has 3 aromatic rings. The van der Waals surface area contributed by atoms with Gasteiger partial charge in [-0.2, -0.15) is 0 Å². The Balaban J connectivity index is 1.32. The van der Waals surface area contributed by atoms with Gasteiger partial charge in [0.2, 0.25) is 0 Å². The van der Waals surface area contributed by atoms with Crippen LogP contribution in [0, 0.1) is 11.6 Å². The average Bonchev–Trinajstić information content (AvgIpc) is 3.30. The van der Waals surface area contributed by atoms with Gasteiger partial charge < -0.3 is 4.90 Å². The molecule has 6 heteroatoms. The molecule has 0 N–H and O–H groups in total. The Labute approximate surface area is 180 Å². The van der Waals surface area contributed by atoms with Crippen LogP contribution in [0.1, 0.15) is 49.3 Å². The van der Waals surface area contributed by atoms with E-state index in [1.165, 1.54) is 37.5 Å². The molecule has 1 unspecified atom stereocenters. The first-order valence-corrected chi connectivity index (χ1v) is 10.9. The fraction of sp³-hybridized carbons (Fsp3) is 0.320. The van der Waals surface area contributed by atoms with E-state index in [1.807, 2.05) is 36.4 Å². The van der Waals surface area contributed by atoms with E-state index in [0.29, 0.717) is 12.1 Å². The Morgan fingerprint density at radius 3 is 2.23 bits per heavy atom. The minimum absolute atomic E-state index is 0.00527. The second-order valence-electron chi connectivity index (χ2n) is 8.17. The van der Waals surface area contributed by atoms with Crippen LogP contribution in [0.5, 0.6) is 0 Å². The summed E-state index contributed by atoms with van der Waals surface area (Å²) in [5, 5.41) is 8.84. The summed E-state index contributed by atoms with van der Waals surface area (Å²) in [6.07, 6.45) is 5.01. The number of aliphatic imine (C=N–C) groups is 1. The van der Waals surface area contributed by atoms with E-state index in [4.69, 9.17) is 0 Å². The van der Waals surface area contributed by atoms with Crippen LogP contribution in [0.4, 0.5) is 14.6 Å². The van der Waals surface area contributed by atoms with Crippen LogP contribution < -0.4 is 4.90 Å². The Hall–Kier alpha value is -3.15. The third-order valence-electron chi connectivity index (χ3n) is 6.14. The van der Waals surface area contributed by atoms with Crippen molar-refractivity contribution in [1.29, 1.82) is 0 Å². The molecule has 1 aromatic heterocycles. The van der Waals surface area contributed by atoms with Gasteiger partial charge in [0.15, 0.2) is 5.82 Å². The maximum atomic E-state index is 14.1. The zero-order valence-corrected chi connectivity index (χ0v) is 17.3. The minimum Gasteiger partial charge on any atom is -0.355 e. The van der Waals surface area contributed by atoms with E-state index in [0.717, 1.165) is 42.1 Å². The molecule has 158 valence electrons. The molecule has 0 aliphatic carbocycles. The molecule has 2 aliphatic rings. The molecule has 0 amide bonds. The lowest BCUT2D eigenvalue weighted by Crippen LogP contribution is -2.30. The second kappa shape index (κ2) is 8.53. The first-order chi connectivity index (χ1) is 15.2.